The SMILES string of the molecule is CNC1CCN2CCc3c(oc4ccc(O)cc34)C2C1. The Bertz CT molecular complexity index is 649. The lowest BCUT2D eigenvalue weighted by Gasteiger charge is -2.41. The number of piperidine rings is 1. The molecule has 2 aromatic rings. The molecule has 0 aliphatic carbocycles. The highest BCUT2D eigenvalue weighted by atomic mass is 16.3. The molecule has 4 heteroatoms. The molecule has 20 heavy (non-hydrogen) atoms. The van der Waals surface area contributed by atoms with E-state index in [0.29, 0.717) is 17.8 Å². The minimum atomic E-state index is 0.320. The molecule has 1 aromatic heterocycles. The Hall–Kier alpha value is -1.52. The summed E-state index contributed by atoms with van der Waals surface area (Å²) < 4.78 is 6.13. The first-order valence-corrected chi connectivity index (χ1v) is 7.42. The predicted molar refractivity (Wildman–Crippen MR) is 78.0 cm³/mol. The van der Waals surface area contributed by atoms with Gasteiger partial charge in [-0.25, -0.2) is 0 Å². The molecule has 2 unspecified atom stereocenters. The van der Waals surface area contributed by atoms with E-state index in [2.05, 4.69) is 10.2 Å². The minimum Gasteiger partial charge on any atom is -0.508 e. The molecule has 1 aromatic carbocycles. The smallest absolute Gasteiger partial charge is 0.134 e. The summed E-state index contributed by atoms with van der Waals surface area (Å²) in [6.45, 7) is 2.23. The molecule has 0 spiro atoms. The van der Waals surface area contributed by atoms with Crippen LogP contribution in [0.3, 0.4) is 0 Å². The predicted octanol–water partition coefficient (Wildman–Crippen LogP) is 2.42. The van der Waals surface area contributed by atoms with Gasteiger partial charge in [-0.3, -0.25) is 4.90 Å². The average Bonchev–Trinajstić information content (AvgIpc) is 2.85. The number of phenolic OH excluding ortho intramolecular Hbond substituents is 1. The molecule has 0 amide bonds. The van der Waals surface area contributed by atoms with E-state index in [-0.39, 0.29) is 0 Å². The summed E-state index contributed by atoms with van der Waals surface area (Å²) in [6.07, 6.45) is 3.34. The number of furan rings is 1. The molecule has 1 saturated heterocycles. The fraction of sp³-hybridized carbons (Fsp3) is 0.500. The summed E-state index contributed by atoms with van der Waals surface area (Å²) >= 11 is 0. The lowest BCUT2D eigenvalue weighted by molar-refractivity contribution is 0.101. The molecule has 2 aliphatic rings. The molecule has 106 valence electrons. The molecule has 2 N–H and O–H groups in total. The normalized spacial score (nSPS) is 26.4. The zero-order valence-corrected chi connectivity index (χ0v) is 11.7. The van der Waals surface area contributed by atoms with Crippen molar-refractivity contribution in [3.63, 3.8) is 0 Å². The first kappa shape index (κ1) is 12.2. The van der Waals surface area contributed by atoms with Gasteiger partial charge in [0.25, 0.3) is 0 Å². The average molecular weight is 272 g/mol. The van der Waals surface area contributed by atoms with Crippen LogP contribution in [-0.4, -0.2) is 36.2 Å². The van der Waals surface area contributed by atoms with Gasteiger partial charge < -0.3 is 14.8 Å². The van der Waals surface area contributed by atoms with Crippen LogP contribution in [0, 0.1) is 0 Å². The molecule has 0 radical (unpaired) electrons. The van der Waals surface area contributed by atoms with Crippen LogP contribution in [0.4, 0.5) is 0 Å². The third kappa shape index (κ3) is 1.75. The van der Waals surface area contributed by atoms with Crippen molar-refractivity contribution in [2.75, 3.05) is 20.1 Å². The van der Waals surface area contributed by atoms with Crippen molar-refractivity contribution in [2.45, 2.75) is 31.3 Å². The lowest BCUT2D eigenvalue weighted by Crippen LogP contribution is -2.45. The molecule has 4 rings (SSSR count). The number of benzene rings is 1. The van der Waals surface area contributed by atoms with Crippen LogP contribution >= 0.6 is 0 Å². The van der Waals surface area contributed by atoms with E-state index in [0.717, 1.165) is 42.7 Å². The maximum Gasteiger partial charge on any atom is 0.134 e. The van der Waals surface area contributed by atoms with Gasteiger partial charge in [0.05, 0.1) is 6.04 Å². The number of hydrogen-bond acceptors (Lipinski definition) is 4. The maximum absolute atomic E-state index is 9.70. The summed E-state index contributed by atoms with van der Waals surface area (Å²) in [4.78, 5) is 2.54. The third-order valence-electron chi connectivity index (χ3n) is 4.88. The van der Waals surface area contributed by atoms with E-state index < -0.39 is 0 Å². The Morgan fingerprint density at radius 2 is 2.25 bits per heavy atom. The first-order valence-electron chi connectivity index (χ1n) is 7.42. The van der Waals surface area contributed by atoms with E-state index in [4.69, 9.17) is 4.42 Å². The number of hydrogen-bond donors (Lipinski definition) is 2. The van der Waals surface area contributed by atoms with Crippen LogP contribution in [0.25, 0.3) is 11.0 Å². The zero-order chi connectivity index (χ0) is 13.7. The largest absolute Gasteiger partial charge is 0.508 e. The molecule has 1 fully saturated rings. The van der Waals surface area contributed by atoms with Gasteiger partial charge in [0.2, 0.25) is 0 Å². The Kier molecular flexibility index (Phi) is 2.75. The summed E-state index contributed by atoms with van der Waals surface area (Å²) in [7, 11) is 2.04. The minimum absolute atomic E-state index is 0.320. The van der Waals surface area contributed by atoms with Crippen molar-refractivity contribution in [3.05, 3.63) is 29.5 Å². The number of rotatable bonds is 1. The highest BCUT2D eigenvalue weighted by Gasteiger charge is 2.36. The van der Waals surface area contributed by atoms with Gasteiger partial charge in [-0.1, -0.05) is 0 Å². The quantitative estimate of drug-likeness (QED) is 0.837. The van der Waals surface area contributed by atoms with Crippen molar-refractivity contribution in [3.8, 4) is 5.75 Å². The highest BCUT2D eigenvalue weighted by Crippen LogP contribution is 2.41. The summed E-state index contributed by atoms with van der Waals surface area (Å²) in [5.41, 5.74) is 2.20. The Morgan fingerprint density at radius 3 is 3.10 bits per heavy atom. The lowest BCUT2D eigenvalue weighted by atomic mass is 9.89. The van der Waals surface area contributed by atoms with Crippen LogP contribution in [0.2, 0.25) is 0 Å². The molecule has 4 nitrogen and oxygen atoms in total. The fourth-order valence-corrected chi connectivity index (χ4v) is 3.75. The molecule has 0 saturated carbocycles. The van der Waals surface area contributed by atoms with Crippen molar-refractivity contribution < 1.29 is 9.52 Å². The van der Waals surface area contributed by atoms with Crippen LogP contribution in [0.15, 0.2) is 22.6 Å². The van der Waals surface area contributed by atoms with E-state index in [1.54, 1.807) is 6.07 Å². The molecule has 2 atom stereocenters. The topological polar surface area (TPSA) is 48.6 Å². The maximum atomic E-state index is 9.70. The first-order chi connectivity index (χ1) is 9.76. The third-order valence-corrected chi connectivity index (χ3v) is 4.88. The Morgan fingerprint density at radius 1 is 1.35 bits per heavy atom. The molecular formula is C16H20N2O2. The van der Waals surface area contributed by atoms with Gasteiger partial charge in [-0.15, -0.1) is 0 Å². The van der Waals surface area contributed by atoms with Gasteiger partial charge in [0.1, 0.15) is 17.1 Å². The van der Waals surface area contributed by atoms with Crippen LogP contribution in [0.1, 0.15) is 30.2 Å². The number of nitrogens with zero attached hydrogens (tertiary/aromatic N) is 1. The van der Waals surface area contributed by atoms with Crippen LogP contribution in [-0.2, 0) is 6.42 Å². The second kappa shape index (κ2) is 4.50. The highest BCUT2D eigenvalue weighted by molar-refractivity contribution is 5.84. The van der Waals surface area contributed by atoms with Gasteiger partial charge in [0.15, 0.2) is 0 Å². The number of nitrogens with one attached hydrogen (secondary N) is 1. The zero-order valence-electron chi connectivity index (χ0n) is 11.7. The molecule has 3 heterocycles. The van der Waals surface area contributed by atoms with Crippen LogP contribution in [0.5, 0.6) is 5.75 Å². The van der Waals surface area contributed by atoms with Gasteiger partial charge in [-0.05, 0) is 44.5 Å². The number of aromatic hydroxyl groups is 1. The van der Waals surface area contributed by atoms with Crippen molar-refractivity contribution in [2.24, 2.45) is 0 Å². The molecule has 0 bridgehead atoms. The van der Waals surface area contributed by atoms with E-state index in [9.17, 15) is 5.11 Å². The number of phenols is 1. The number of fused-ring (bicyclic) bond motifs is 5. The monoisotopic (exact) mass is 272 g/mol. The molecule has 2 aliphatic heterocycles. The van der Waals surface area contributed by atoms with Gasteiger partial charge in [0, 0.05) is 30.1 Å². The Balaban J connectivity index is 1.81. The summed E-state index contributed by atoms with van der Waals surface area (Å²) in [5, 5.41) is 14.2. The van der Waals surface area contributed by atoms with Gasteiger partial charge in [-0.2, -0.15) is 0 Å². The second-order valence-corrected chi connectivity index (χ2v) is 5.94. The van der Waals surface area contributed by atoms with Crippen molar-refractivity contribution in [1.82, 2.24) is 10.2 Å². The van der Waals surface area contributed by atoms with Crippen molar-refractivity contribution >= 4 is 11.0 Å². The fourth-order valence-electron chi connectivity index (χ4n) is 3.75. The van der Waals surface area contributed by atoms with Crippen molar-refractivity contribution in [1.29, 1.82) is 0 Å². The van der Waals surface area contributed by atoms with E-state index in [1.807, 2.05) is 19.2 Å². The van der Waals surface area contributed by atoms with Gasteiger partial charge >= 0.3 is 0 Å². The van der Waals surface area contributed by atoms with Crippen LogP contribution < -0.4 is 5.32 Å². The van der Waals surface area contributed by atoms with E-state index in [1.165, 1.54) is 12.0 Å². The Labute approximate surface area is 118 Å². The second-order valence-electron chi connectivity index (χ2n) is 5.94. The summed E-state index contributed by atoms with van der Waals surface area (Å²) in [6, 6.07) is 6.38. The molecular weight excluding hydrogens is 252 g/mol. The standard InChI is InChI=1S/C16H20N2O2/c1-17-10-4-6-18-7-5-12-13-9-11(19)2-3-15(13)20-16(12)14(18)8-10/h2-3,9-10,14,17,19H,4-8H2,1H3. The van der Waals surface area contributed by atoms with E-state index >= 15 is 0 Å². The summed E-state index contributed by atoms with van der Waals surface area (Å²) in [5.74, 6) is 1.44.